The monoisotopic (exact) mass is 874 g/mol. The third-order valence-corrected chi connectivity index (χ3v) is 14.8. The van der Waals surface area contributed by atoms with Gasteiger partial charge in [0.05, 0.1) is 0 Å². The number of benzene rings is 9. The minimum absolute atomic E-state index is 0.0933. The van der Waals surface area contributed by atoms with E-state index in [2.05, 4.69) is 252 Å². The van der Waals surface area contributed by atoms with E-state index in [4.69, 9.17) is 0 Å². The molecule has 0 radical (unpaired) electrons. The molecule has 0 N–H and O–H groups in total. The number of fused-ring (bicyclic) bond motifs is 5. The highest BCUT2D eigenvalue weighted by atomic mass is 15.2. The molecule has 0 amide bonds. The molecule has 9 aromatic carbocycles. The molecule has 68 heavy (non-hydrogen) atoms. The van der Waals surface area contributed by atoms with Crippen molar-refractivity contribution in [3.63, 3.8) is 0 Å². The van der Waals surface area contributed by atoms with Crippen LogP contribution in [0.15, 0.2) is 248 Å². The Kier molecular flexibility index (Phi) is 11.0. The van der Waals surface area contributed by atoms with Gasteiger partial charge >= 0.3 is 0 Å². The number of rotatable bonds is 10. The van der Waals surface area contributed by atoms with E-state index >= 15 is 0 Å². The van der Waals surface area contributed by atoms with Crippen molar-refractivity contribution in [2.75, 3.05) is 9.80 Å². The normalized spacial score (nSPS) is 14.6. The van der Waals surface area contributed by atoms with Crippen LogP contribution in [0.1, 0.15) is 61.6 Å². The van der Waals surface area contributed by atoms with Gasteiger partial charge in [-0.3, -0.25) is 0 Å². The van der Waals surface area contributed by atoms with Gasteiger partial charge in [-0.25, -0.2) is 0 Å². The summed E-state index contributed by atoms with van der Waals surface area (Å²) >= 11 is 0. The van der Waals surface area contributed by atoms with Crippen molar-refractivity contribution in [3.8, 4) is 44.5 Å². The molecule has 0 unspecified atom stereocenters. The van der Waals surface area contributed by atoms with Crippen LogP contribution in [0.5, 0.6) is 0 Å². The lowest BCUT2D eigenvalue weighted by molar-refractivity contribution is 0.353. The summed E-state index contributed by atoms with van der Waals surface area (Å²) in [6, 6.07) is 84.8. The van der Waals surface area contributed by atoms with Gasteiger partial charge in [0.25, 0.3) is 0 Å². The zero-order chi connectivity index (χ0) is 45.3. The van der Waals surface area contributed by atoms with E-state index in [1.165, 1.54) is 116 Å². The Hall–Kier alpha value is -7.94. The molecule has 3 aliphatic rings. The van der Waals surface area contributed by atoms with Gasteiger partial charge in [0.1, 0.15) is 0 Å². The zero-order valence-electron chi connectivity index (χ0n) is 38.4. The molecule has 328 valence electrons. The lowest BCUT2D eigenvalue weighted by Gasteiger charge is -2.37. The van der Waals surface area contributed by atoms with Gasteiger partial charge in [0.15, 0.2) is 0 Å². The average molecular weight is 875 g/mol. The summed E-state index contributed by atoms with van der Waals surface area (Å²) in [6.07, 6.45) is 13.0. The molecule has 12 rings (SSSR count). The molecule has 0 aromatic heterocycles. The molecule has 3 aliphatic carbocycles. The predicted octanol–water partition coefficient (Wildman–Crippen LogP) is 18.3. The van der Waals surface area contributed by atoms with Gasteiger partial charge in [0, 0.05) is 39.5 Å². The molecule has 0 aliphatic heterocycles. The molecule has 0 bridgehead atoms. The first-order valence-electron chi connectivity index (χ1n) is 24.5. The van der Waals surface area contributed by atoms with Crippen LogP contribution in [0.3, 0.4) is 0 Å². The smallest absolute Gasteiger partial charge is 0.0462 e. The van der Waals surface area contributed by atoms with Crippen LogP contribution in [0, 0.1) is 0 Å². The highest BCUT2D eigenvalue weighted by Crippen LogP contribution is 2.57. The minimum Gasteiger partial charge on any atom is -0.314 e. The van der Waals surface area contributed by atoms with E-state index in [0.717, 1.165) is 29.9 Å². The summed E-state index contributed by atoms with van der Waals surface area (Å²) in [5.41, 5.74) is 23.0. The third-order valence-electron chi connectivity index (χ3n) is 14.8. The molecule has 9 aromatic rings. The van der Waals surface area contributed by atoms with Crippen LogP contribution in [-0.4, -0.2) is 0 Å². The molecule has 1 spiro atoms. The first-order chi connectivity index (χ1) is 33.7. The molecular weight excluding hydrogens is 821 g/mol. The fraction of sp³-hybridized carbons (Fsp3) is 0.121. The quantitative estimate of drug-likeness (QED) is 0.135. The highest BCUT2D eigenvalue weighted by Gasteiger charge is 2.44. The lowest BCUT2D eigenvalue weighted by atomic mass is 9.68. The van der Waals surface area contributed by atoms with Crippen LogP contribution in [0.25, 0.3) is 50.1 Å². The van der Waals surface area contributed by atoms with Crippen LogP contribution in [0.2, 0.25) is 0 Å². The van der Waals surface area contributed by atoms with Gasteiger partial charge in [0.2, 0.25) is 0 Å². The number of anilines is 5. The summed E-state index contributed by atoms with van der Waals surface area (Å²) < 4.78 is 0. The van der Waals surface area contributed by atoms with Gasteiger partial charge < -0.3 is 9.80 Å². The van der Waals surface area contributed by atoms with Crippen LogP contribution in [0.4, 0.5) is 28.4 Å². The molecule has 2 heteroatoms. The van der Waals surface area contributed by atoms with Crippen LogP contribution < -0.4 is 9.80 Å². The topological polar surface area (TPSA) is 6.48 Å². The molecule has 1 saturated carbocycles. The standard InChI is InChI=1S/C66H54N2/c1-5-15-48(16-6-1)51-23-33-56(34-24-51)67(57-35-25-52(26-36-57)49-17-7-2-8-18-49)58-37-29-54(30-38-58)55-31-41-60(42-32-55)68(59-39-27-53(28-40-59)50-19-9-3-10-20-50)61-43-44-63-62-21-11-12-22-64(62)66(65(63)47-61)45-13-4-14-46-66/h1-3,5-12,15-27,29-39,41-44,47H,4,13-14,28,40,45-46H2. The summed E-state index contributed by atoms with van der Waals surface area (Å²) in [5.74, 6) is 0. The van der Waals surface area contributed by atoms with Crippen molar-refractivity contribution in [2.45, 2.75) is 50.4 Å². The van der Waals surface area contributed by atoms with Crippen molar-refractivity contribution in [2.24, 2.45) is 0 Å². The van der Waals surface area contributed by atoms with Crippen LogP contribution in [-0.2, 0) is 5.41 Å². The molecule has 0 saturated heterocycles. The van der Waals surface area contributed by atoms with E-state index in [-0.39, 0.29) is 5.41 Å². The van der Waals surface area contributed by atoms with Gasteiger partial charge in [-0.1, -0.05) is 195 Å². The molecule has 1 fully saturated rings. The van der Waals surface area contributed by atoms with E-state index in [1.807, 2.05) is 0 Å². The fourth-order valence-corrected chi connectivity index (χ4v) is 11.4. The molecule has 0 heterocycles. The largest absolute Gasteiger partial charge is 0.314 e. The second-order valence-electron chi connectivity index (χ2n) is 18.7. The third kappa shape index (κ3) is 7.76. The maximum absolute atomic E-state index is 2.56. The Bertz CT molecular complexity index is 3170. The van der Waals surface area contributed by atoms with Crippen molar-refractivity contribution in [1.82, 2.24) is 0 Å². The van der Waals surface area contributed by atoms with Crippen molar-refractivity contribution in [1.29, 1.82) is 0 Å². The SMILES string of the molecule is C1=C(c2ccccc2)CCC(N(c2ccc(-c3ccc(N(c4ccc(-c5ccccc5)cc4)c4ccc(-c5ccccc5)cc4)cc3)cc2)c2ccc3c(c2)C2(CCCCC2)c2ccccc2-3)=C1. The highest BCUT2D eigenvalue weighted by molar-refractivity contribution is 5.86. The maximum Gasteiger partial charge on any atom is 0.0462 e. The van der Waals surface area contributed by atoms with E-state index < -0.39 is 0 Å². The minimum atomic E-state index is 0.0933. The van der Waals surface area contributed by atoms with Crippen molar-refractivity contribution >= 4 is 34.0 Å². The second-order valence-corrected chi connectivity index (χ2v) is 18.7. The zero-order valence-corrected chi connectivity index (χ0v) is 38.4. The van der Waals surface area contributed by atoms with Gasteiger partial charge in [-0.15, -0.1) is 0 Å². The van der Waals surface area contributed by atoms with E-state index in [1.54, 1.807) is 0 Å². The lowest BCUT2D eigenvalue weighted by Crippen LogP contribution is -2.28. The van der Waals surface area contributed by atoms with Gasteiger partial charge in [-0.05, 0) is 159 Å². The second kappa shape index (κ2) is 18.0. The number of hydrogen-bond donors (Lipinski definition) is 0. The summed E-state index contributed by atoms with van der Waals surface area (Å²) in [6.45, 7) is 0. The number of hydrogen-bond acceptors (Lipinski definition) is 2. The molecular formula is C66H54N2. The van der Waals surface area contributed by atoms with Gasteiger partial charge in [-0.2, -0.15) is 0 Å². The Labute approximate surface area is 401 Å². The fourth-order valence-electron chi connectivity index (χ4n) is 11.4. The summed E-state index contributed by atoms with van der Waals surface area (Å²) in [4.78, 5) is 4.89. The van der Waals surface area contributed by atoms with Crippen molar-refractivity contribution in [3.05, 3.63) is 265 Å². The molecule has 2 nitrogen and oxygen atoms in total. The number of nitrogens with zero attached hydrogens (tertiary/aromatic N) is 2. The summed E-state index contributed by atoms with van der Waals surface area (Å²) in [7, 11) is 0. The molecule has 0 atom stereocenters. The average Bonchev–Trinajstić information content (AvgIpc) is 3.68. The van der Waals surface area contributed by atoms with E-state index in [0.29, 0.717) is 0 Å². The predicted molar refractivity (Wildman–Crippen MR) is 287 cm³/mol. The van der Waals surface area contributed by atoms with Crippen molar-refractivity contribution < 1.29 is 0 Å². The van der Waals surface area contributed by atoms with E-state index in [9.17, 15) is 0 Å². The maximum atomic E-state index is 2.56. The Morgan fingerprint density at radius 3 is 1.19 bits per heavy atom. The Morgan fingerprint density at radius 1 is 0.294 bits per heavy atom. The Morgan fingerprint density at radius 2 is 0.706 bits per heavy atom. The Balaban J connectivity index is 0.885. The van der Waals surface area contributed by atoms with Crippen LogP contribution >= 0.6 is 0 Å². The summed E-state index contributed by atoms with van der Waals surface area (Å²) in [5, 5.41) is 0. The first-order valence-corrected chi connectivity index (χ1v) is 24.5. The number of allylic oxidation sites excluding steroid dienone is 4. The first kappa shape index (κ1) is 41.5.